The van der Waals surface area contributed by atoms with Crippen molar-refractivity contribution in [1.82, 2.24) is 25.3 Å². The van der Waals surface area contributed by atoms with Crippen LogP contribution in [-0.2, 0) is 5.41 Å². The molecule has 3 heterocycles. The molecule has 2 aliphatic heterocycles. The molecule has 27 heavy (non-hydrogen) atoms. The van der Waals surface area contributed by atoms with Gasteiger partial charge in [-0.15, -0.1) is 0 Å². The van der Waals surface area contributed by atoms with Gasteiger partial charge in [0.05, 0.1) is 11.5 Å². The summed E-state index contributed by atoms with van der Waals surface area (Å²) in [4.78, 5) is 21.8. The predicted octanol–water partition coefficient (Wildman–Crippen LogP) is 1.84. The molecule has 2 aliphatic rings. The molecule has 0 aliphatic carbocycles. The molecule has 0 bridgehead atoms. The third-order valence-corrected chi connectivity index (χ3v) is 5.77. The number of likely N-dealkylation sites (tertiary alicyclic amines) is 1. The number of carbonyl (C=O) groups is 1. The molecule has 2 fully saturated rings. The third-order valence-electron chi connectivity index (χ3n) is 5.77. The average molecular weight is 369 g/mol. The molecule has 2 saturated heterocycles. The molecule has 1 aromatic heterocycles. The van der Waals surface area contributed by atoms with E-state index in [-0.39, 0.29) is 17.4 Å². The second-order valence-electron chi connectivity index (χ2n) is 7.92. The normalized spacial score (nSPS) is 26.9. The number of aromatic nitrogens is 2. The lowest BCUT2D eigenvalue weighted by molar-refractivity contribution is 0.0620. The van der Waals surface area contributed by atoms with E-state index in [0.717, 1.165) is 50.4 Å². The fourth-order valence-corrected chi connectivity index (χ4v) is 4.06. The third kappa shape index (κ3) is 3.61. The monoisotopic (exact) mass is 369 g/mol. The Hall–Kier alpha value is -2.25. The maximum absolute atomic E-state index is 12.9. The molecule has 1 N–H and O–H groups in total. The van der Waals surface area contributed by atoms with Gasteiger partial charge in [0.25, 0.3) is 5.91 Å². The lowest BCUT2D eigenvalue weighted by Gasteiger charge is -2.38. The largest absolute Gasteiger partial charge is 0.339 e. The highest BCUT2D eigenvalue weighted by atomic mass is 16.5. The zero-order valence-electron chi connectivity index (χ0n) is 16.0. The Morgan fingerprint density at radius 3 is 2.89 bits per heavy atom. The quantitative estimate of drug-likeness (QED) is 0.890. The first-order valence-electron chi connectivity index (χ1n) is 9.66. The summed E-state index contributed by atoms with van der Waals surface area (Å²) in [6, 6.07) is 9.58. The van der Waals surface area contributed by atoms with Crippen molar-refractivity contribution in [2.45, 2.75) is 31.2 Å². The van der Waals surface area contributed by atoms with Crippen molar-refractivity contribution in [2.24, 2.45) is 0 Å². The Balaban J connectivity index is 1.52. The van der Waals surface area contributed by atoms with Gasteiger partial charge in [0, 0.05) is 38.3 Å². The molecule has 144 valence electrons. The van der Waals surface area contributed by atoms with E-state index in [9.17, 15) is 4.79 Å². The number of hydrogen-bond acceptors (Lipinski definition) is 6. The van der Waals surface area contributed by atoms with Gasteiger partial charge in [0.15, 0.2) is 5.82 Å². The molecule has 7 nitrogen and oxygen atoms in total. The van der Waals surface area contributed by atoms with Crippen LogP contribution in [0.25, 0.3) is 0 Å². The number of amides is 1. The van der Waals surface area contributed by atoms with Crippen molar-refractivity contribution in [3.05, 3.63) is 47.6 Å². The minimum Gasteiger partial charge on any atom is -0.339 e. The van der Waals surface area contributed by atoms with Crippen LogP contribution in [0.15, 0.2) is 34.9 Å². The number of likely N-dealkylation sites (N-methyl/N-ethyl adjacent to an activating group) is 1. The Bertz CT molecular complexity index is 793. The van der Waals surface area contributed by atoms with Crippen LogP contribution in [0.2, 0.25) is 0 Å². The lowest BCUT2D eigenvalue weighted by Crippen LogP contribution is -2.47. The highest BCUT2D eigenvalue weighted by Gasteiger charge is 2.40. The Morgan fingerprint density at radius 2 is 2.11 bits per heavy atom. The number of rotatable bonds is 3. The van der Waals surface area contributed by atoms with E-state index in [2.05, 4.69) is 29.3 Å². The van der Waals surface area contributed by atoms with E-state index in [0.29, 0.717) is 12.4 Å². The van der Waals surface area contributed by atoms with E-state index in [1.807, 2.05) is 35.2 Å². The predicted molar refractivity (Wildman–Crippen MR) is 101 cm³/mol. The molecule has 0 radical (unpaired) electrons. The van der Waals surface area contributed by atoms with Gasteiger partial charge < -0.3 is 14.7 Å². The maximum Gasteiger partial charge on any atom is 0.253 e. The van der Waals surface area contributed by atoms with Crippen molar-refractivity contribution in [2.75, 3.05) is 39.8 Å². The van der Waals surface area contributed by atoms with Crippen molar-refractivity contribution in [3.8, 4) is 0 Å². The van der Waals surface area contributed by atoms with Crippen molar-refractivity contribution in [3.63, 3.8) is 0 Å². The Labute approximate surface area is 159 Å². The van der Waals surface area contributed by atoms with Crippen LogP contribution in [0.5, 0.6) is 0 Å². The first-order chi connectivity index (χ1) is 13.1. The van der Waals surface area contributed by atoms with Crippen LogP contribution in [0, 0.1) is 0 Å². The zero-order valence-corrected chi connectivity index (χ0v) is 16.0. The number of carbonyl (C=O) groups excluding carboxylic acids is 1. The molecular weight excluding hydrogens is 342 g/mol. The van der Waals surface area contributed by atoms with Crippen LogP contribution in [0.4, 0.5) is 0 Å². The summed E-state index contributed by atoms with van der Waals surface area (Å²) < 4.78 is 5.69. The van der Waals surface area contributed by atoms with E-state index in [1.54, 1.807) is 0 Å². The number of hydrogen-bond donors (Lipinski definition) is 1. The number of benzene rings is 1. The Morgan fingerprint density at radius 1 is 1.30 bits per heavy atom. The standard InChI is InChI=1S/C20H27N5O2/c1-20(19-22-17(23-27-19)16-13-21-10-12-24(16)2)9-6-11-25(14-20)18(26)15-7-4-3-5-8-15/h3-5,7-8,16,21H,6,9-14H2,1-2H3. The smallest absolute Gasteiger partial charge is 0.253 e. The lowest BCUT2D eigenvalue weighted by atomic mass is 9.81. The minimum atomic E-state index is -0.311. The topological polar surface area (TPSA) is 74.5 Å². The van der Waals surface area contributed by atoms with Crippen molar-refractivity contribution >= 4 is 5.91 Å². The van der Waals surface area contributed by atoms with Gasteiger partial charge >= 0.3 is 0 Å². The van der Waals surface area contributed by atoms with Crippen molar-refractivity contribution in [1.29, 1.82) is 0 Å². The van der Waals surface area contributed by atoms with Crippen LogP contribution in [0.3, 0.4) is 0 Å². The maximum atomic E-state index is 12.9. The van der Waals surface area contributed by atoms with Crippen LogP contribution in [0.1, 0.15) is 47.9 Å². The average Bonchev–Trinajstić information content (AvgIpc) is 3.19. The Kier molecular flexibility index (Phi) is 4.97. The molecule has 7 heteroatoms. The summed E-state index contributed by atoms with van der Waals surface area (Å²) >= 11 is 0. The van der Waals surface area contributed by atoms with Gasteiger partial charge in [-0.2, -0.15) is 4.98 Å². The van der Waals surface area contributed by atoms with Gasteiger partial charge in [-0.25, -0.2) is 0 Å². The SMILES string of the molecule is CN1CCNCC1c1noc(C2(C)CCCN(C(=O)c3ccccc3)C2)n1. The molecule has 0 spiro atoms. The molecular formula is C20H27N5O2. The highest BCUT2D eigenvalue weighted by molar-refractivity contribution is 5.94. The van der Waals surface area contributed by atoms with Gasteiger partial charge in [0.2, 0.25) is 5.89 Å². The molecule has 4 rings (SSSR count). The summed E-state index contributed by atoms with van der Waals surface area (Å²) in [5.74, 6) is 1.44. The summed E-state index contributed by atoms with van der Waals surface area (Å²) in [5, 5.41) is 7.65. The van der Waals surface area contributed by atoms with Crippen LogP contribution >= 0.6 is 0 Å². The number of nitrogens with zero attached hydrogens (tertiary/aromatic N) is 4. The molecule has 2 aromatic rings. The van der Waals surface area contributed by atoms with Gasteiger partial charge in [-0.05, 0) is 38.9 Å². The van der Waals surface area contributed by atoms with E-state index in [4.69, 9.17) is 9.51 Å². The molecule has 2 atom stereocenters. The minimum absolute atomic E-state index is 0.0671. The second kappa shape index (κ2) is 7.40. The van der Waals surface area contributed by atoms with Gasteiger partial charge in [0.1, 0.15) is 0 Å². The second-order valence-corrected chi connectivity index (χ2v) is 7.92. The van der Waals surface area contributed by atoms with E-state index >= 15 is 0 Å². The summed E-state index contributed by atoms with van der Waals surface area (Å²) in [6.07, 6.45) is 1.86. The molecule has 1 amide bonds. The van der Waals surface area contributed by atoms with Gasteiger partial charge in [-0.3, -0.25) is 9.69 Å². The molecule has 1 aromatic carbocycles. The number of nitrogens with one attached hydrogen (secondary N) is 1. The van der Waals surface area contributed by atoms with E-state index < -0.39 is 0 Å². The number of piperazine rings is 1. The summed E-state index contributed by atoms with van der Waals surface area (Å²) in [5.41, 5.74) is 0.414. The number of piperidine rings is 1. The highest BCUT2D eigenvalue weighted by Crippen LogP contribution is 2.34. The molecule has 0 saturated carbocycles. The van der Waals surface area contributed by atoms with Crippen LogP contribution < -0.4 is 5.32 Å². The fraction of sp³-hybridized carbons (Fsp3) is 0.550. The first kappa shape index (κ1) is 18.1. The zero-order chi connectivity index (χ0) is 18.9. The van der Waals surface area contributed by atoms with E-state index in [1.165, 1.54) is 0 Å². The van der Waals surface area contributed by atoms with Crippen LogP contribution in [-0.4, -0.2) is 65.6 Å². The fourth-order valence-electron chi connectivity index (χ4n) is 4.06. The van der Waals surface area contributed by atoms with Crippen molar-refractivity contribution < 1.29 is 9.32 Å². The summed E-state index contributed by atoms with van der Waals surface area (Å²) in [7, 11) is 2.09. The molecule has 2 unspecified atom stereocenters. The first-order valence-corrected chi connectivity index (χ1v) is 9.66. The summed E-state index contributed by atoms with van der Waals surface area (Å²) in [6.45, 7) is 6.25. The van der Waals surface area contributed by atoms with Gasteiger partial charge in [-0.1, -0.05) is 23.4 Å².